The highest BCUT2D eigenvalue weighted by Gasteiger charge is 2.07. The van der Waals surface area contributed by atoms with Gasteiger partial charge in [-0.2, -0.15) is 0 Å². The molecule has 1 unspecified atom stereocenters. The first kappa shape index (κ1) is 11.4. The molecule has 0 amide bonds. The summed E-state index contributed by atoms with van der Waals surface area (Å²) in [4.78, 5) is 10.9. The molecule has 4 heteroatoms. The molecule has 0 aromatic heterocycles. The highest BCUT2D eigenvalue weighted by Crippen LogP contribution is 1.92. The van der Waals surface area contributed by atoms with Gasteiger partial charge >= 0.3 is 5.97 Å². The minimum absolute atomic E-state index is 0.0173. The molecule has 12 heavy (non-hydrogen) atoms. The zero-order valence-electron chi connectivity index (χ0n) is 7.87. The van der Waals surface area contributed by atoms with Crippen LogP contribution in [0, 0.1) is 0 Å². The van der Waals surface area contributed by atoms with Gasteiger partial charge < -0.3 is 15.2 Å². The van der Waals surface area contributed by atoms with E-state index in [9.17, 15) is 4.79 Å². The van der Waals surface area contributed by atoms with Crippen LogP contribution in [0.25, 0.3) is 0 Å². The summed E-state index contributed by atoms with van der Waals surface area (Å²) in [5.41, 5.74) is 5.28. The van der Waals surface area contributed by atoms with Gasteiger partial charge in [0.25, 0.3) is 0 Å². The summed E-state index contributed by atoms with van der Waals surface area (Å²) in [5, 5.41) is 0. The Balaban J connectivity index is 3.44. The van der Waals surface area contributed by atoms with Crippen LogP contribution in [0.15, 0.2) is 0 Å². The minimum atomic E-state index is -0.342. The lowest BCUT2D eigenvalue weighted by Crippen LogP contribution is -2.25. The monoisotopic (exact) mass is 175 g/mol. The van der Waals surface area contributed by atoms with E-state index in [1.165, 1.54) is 0 Å². The van der Waals surface area contributed by atoms with Crippen LogP contribution in [0.5, 0.6) is 0 Å². The third kappa shape index (κ3) is 6.12. The van der Waals surface area contributed by atoms with E-state index < -0.39 is 0 Å². The molecule has 0 saturated heterocycles. The number of nitrogens with two attached hydrogens (primary N) is 1. The summed E-state index contributed by atoms with van der Waals surface area (Å²) in [6, 6.07) is 0. The van der Waals surface area contributed by atoms with Gasteiger partial charge in [0.05, 0.1) is 12.2 Å². The van der Waals surface area contributed by atoms with Gasteiger partial charge in [0.15, 0.2) is 0 Å². The molecule has 0 aromatic rings. The van der Waals surface area contributed by atoms with Crippen LogP contribution in [0.1, 0.15) is 20.8 Å². The van der Waals surface area contributed by atoms with E-state index in [4.69, 9.17) is 15.2 Å². The number of ether oxygens (including phenoxy) is 2. The molecule has 1 atom stereocenters. The fourth-order valence-electron chi connectivity index (χ4n) is 0.575. The van der Waals surface area contributed by atoms with Gasteiger partial charge in [-0.15, -0.1) is 0 Å². The van der Waals surface area contributed by atoms with Crippen LogP contribution in [0.2, 0.25) is 0 Å². The van der Waals surface area contributed by atoms with Crippen molar-refractivity contribution in [1.82, 2.24) is 0 Å². The molecule has 4 nitrogen and oxygen atoms in total. The Labute approximate surface area is 73.0 Å². The fourth-order valence-corrected chi connectivity index (χ4v) is 0.575. The Bertz CT molecular complexity index is 136. The number of carbonyl (C=O) groups is 1. The maximum absolute atomic E-state index is 10.9. The average Bonchev–Trinajstić information content (AvgIpc) is 1.99. The first-order chi connectivity index (χ1) is 5.56. The van der Waals surface area contributed by atoms with E-state index in [0.717, 1.165) is 0 Å². The van der Waals surface area contributed by atoms with E-state index in [-0.39, 0.29) is 24.8 Å². The van der Waals surface area contributed by atoms with Crippen molar-refractivity contribution >= 4 is 5.97 Å². The number of esters is 1. The maximum Gasteiger partial charge on any atom is 0.332 e. The van der Waals surface area contributed by atoms with Crippen molar-refractivity contribution in [1.29, 1.82) is 0 Å². The quantitative estimate of drug-likeness (QED) is 0.610. The lowest BCUT2D eigenvalue weighted by atomic mass is 10.4. The largest absolute Gasteiger partial charge is 0.461 e. The second-order valence-electron chi connectivity index (χ2n) is 2.90. The van der Waals surface area contributed by atoms with Crippen LogP contribution in [-0.2, 0) is 14.3 Å². The zero-order chi connectivity index (χ0) is 9.56. The molecule has 0 bridgehead atoms. The van der Waals surface area contributed by atoms with Crippen molar-refractivity contribution in [3.63, 3.8) is 0 Å². The molecule has 0 fully saturated rings. The summed E-state index contributed by atoms with van der Waals surface area (Å²) < 4.78 is 9.89. The molecule has 72 valence electrons. The summed E-state index contributed by atoms with van der Waals surface area (Å²) in [6.45, 7) is 5.79. The summed E-state index contributed by atoms with van der Waals surface area (Å²) in [6.07, 6.45) is -0.181. The van der Waals surface area contributed by atoms with Crippen LogP contribution in [0.4, 0.5) is 0 Å². The summed E-state index contributed by atoms with van der Waals surface area (Å²) in [7, 11) is 0. The molecule has 0 spiro atoms. The van der Waals surface area contributed by atoms with Crippen molar-refractivity contribution in [2.24, 2.45) is 5.73 Å². The van der Waals surface area contributed by atoms with E-state index in [1.807, 2.05) is 6.92 Å². The van der Waals surface area contributed by atoms with Crippen molar-refractivity contribution < 1.29 is 14.3 Å². The molecule has 0 radical (unpaired) electrons. The molecule has 0 aliphatic heterocycles. The average molecular weight is 175 g/mol. The van der Waals surface area contributed by atoms with Crippen LogP contribution in [-0.4, -0.2) is 31.3 Å². The van der Waals surface area contributed by atoms with Gasteiger partial charge in [-0.25, -0.2) is 4.79 Å². The molecule has 0 aliphatic rings. The fraction of sp³-hybridized carbons (Fsp3) is 0.875. The molecule has 2 N–H and O–H groups in total. The molecule has 0 rings (SSSR count). The minimum Gasteiger partial charge on any atom is -0.461 e. The predicted molar refractivity (Wildman–Crippen MR) is 45.7 cm³/mol. The second-order valence-corrected chi connectivity index (χ2v) is 2.90. The number of hydrogen-bond acceptors (Lipinski definition) is 4. The molecule has 0 heterocycles. The van der Waals surface area contributed by atoms with Crippen LogP contribution in [0.3, 0.4) is 0 Å². The van der Waals surface area contributed by atoms with Gasteiger partial charge in [0.1, 0.15) is 6.61 Å². The Morgan fingerprint density at radius 3 is 2.42 bits per heavy atom. The van der Waals surface area contributed by atoms with Crippen LogP contribution >= 0.6 is 0 Å². The normalized spacial score (nSPS) is 13.1. The Hall–Kier alpha value is -0.610. The van der Waals surface area contributed by atoms with Crippen LogP contribution < -0.4 is 5.73 Å². The van der Waals surface area contributed by atoms with E-state index in [2.05, 4.69) is 0 Å². The smallest absolute Gasteiger partial charge is 0.332 e. The summed E-state index contributed by atoms with van der Waals surface area (Å²) >= 11 is 0. The van der Waals surface area contributed by atoms with Crippen molar-refractivity contribution in [2.75, 3.05) is 13.2 Å². The third-order valence-corrected chi connectivity index (χ3v) is 1.18. The van der Waals surface area contributed by atoms with Crippen molar-refractivity contribution in [2.45, 2.75) is 33.0 Å². The Kier molecular flexibility index (Phi) is 5.66. The molecular weight excluding hydrogens is 158 g/mol. The van der Waals surface area contributed by atoms with E-state index in [0.29, 0.717) is 6.54 Å². The van der Waals surface area contributed by atoms with Gasteiger partial charge in [0, 0.05) is 6.54 Å². The third-order valence-electron chi connectivity index (χ3n) is 1.18. The molecule has 0 aliphatic carbocycles. The van der Waals surface area contributed by atoms with Crippen molar-refractivity contribution in [3.8, 4) is 0 Å². The highest BCUT2D eigenvalue weighted by molar-refractivity contribution is 5.70. The molecule has 0 aromatic carbocycles. The van der Waals surface area contributed by atoms with Gasteiger partial charge in [-0.1, -0.05) is 0 Å². The lowest BCUT2D eigenvalue weighted by molar-refractivity contribution is -0.154. The Morgan fingerprint density at radius 1 is 1.42 bits per heavy atom. The number of hydrogen-bond donors (Lipinski definition) is 1. The Morgan fingerprint density at radius 2 is 2.00 bits per heavy atom. The van der Waals surface area contributed by atoms with E-state index >= 15 is 0 Å². The molecular formula is C8H17NO3. The van der Waals surface area contributed by atoms with E-state index in [1.54, 1.807) is 13.8 Å². The SMILES string of the molecule is CC(C)OC(=O)COC(C)CN. The highest BCUT2D eigenvalue weighted by atomic mass is 16.6. The first-order valence-corrected chi connectivity index (χ1v) is 4.07. The lowest BCUT2D eigenvalue weighted by Gasteiger charge is -2.11. The van der Waals surface area contributed by atoms with Crippen molar-refractivity contribution in [3.05, 3.63) is 0 Å². The topological polar surface area (TPSA) is 61.5 Å². The first-order valence-electron chi connectivity index (χ1n) is 4.07. The van der Waals surface area contributed by atoms with Gasteiger partial charge in [-0.05, 0) is 20.8 Å². The van der Waals surface area contributed by atoms with Gasteiger partial charge in [-0.3, -0.25) is 0 Å². The molecule has 0 saturated carbocycles. The van der Waals surface area contributed by atoms with Gasteiger partial charge in [0.2, 0.25) is 0 Å². The zero-order valence-corrected chi connectivity index (χ0v) is 7.87. The second kappa shape index (κ2) is 5.97. The number of rotatable bonds is 5. The standard InChI is InChI=1S/C8H17NO3/c1-6(2)12-8(10)5-11-7(3)4-9/h6-7H,4-5,9H2,1-3H3. The maximum atomic E-state index is 10.9. The number of carbonyl (C=O) groups excluding carboxylic acids is 1. The summed E-state index contributed by atoms with van der Waals surface area (Å²) in [5.74, 6) is -0.342. The predicted octanol–water partition coefficient (Wildman–Crippen LogP) is 0.302.